The summed E-state index contributed by atoms with van der Waals surface area (Å²) in [5.74, 6) is -0.934. The molecule has 5 heteroatoms. The Labute approximate surface area is 87.3 Å². The number of nitroso groups, excluding NO2 is 1. The summed E-state index contributed by atoms with van der Waals surface area (Å²) in [5, 5.41) is 12.4. The Balaban J connectivity index is 2.47. The molecule has 0 aliphatic carbocycles. The van der Waals surface area contributed by atoms with Crippen LogP contribution < -0.4 is 0 Å². The fraction of sp³-hybridized carbons (Fsp3) is 0.300. The van der Waals surface area contributed by atoms with E-state index in [2.05, 4.69) is 5.29 Å². The summed E-state index contributed by atoms with van der Waals surface area (Å²) in [7, 11) is 0. The number of aliphatic carboxylic acids is 1. The van der Waals surface area contributed by atoms with Gasteiger partial charge in [-0.25, -0.2) is 0 Å². The highest BCUT2D eigenvalue weighted by Gasteiger charge is 2.06. The van der Waals surface area contributed by atoms with E-state index in [-0.39, 0.29) is 13.0 Å². The minimum Gasteiger partial charge on any atom is -0.481 e. The maximum Gasteiger partial charge on any atom is 0.305 e. The number of carboxylic acids is 1. The molecule has 0 unspecified atom stereocenters. The summed E-state index contributed by atoms with van der Waals surface area (Å²) >= 11 is 0. The van der Waals surface area contributed by atoms with Gasteiger partial charge in [0.1, 0.15) is 0 Å². The molecule has 0 saturated carbocycles. The molecule has 0 radical (unpaired) electrons. The van der Waals surface area contributed by atoms with Gasteiger partial charge in [0.15, 0.2) is 0 Å². The van der Waals surface area contributed by atoms with Crippen LogP contribution in [0.25, 0.3) is 0 Å². The highest BCUT2D eigenvalue weighted by Crippen LogP contribution is 2.05. The van der Waals surface area contributed by atoms with Gasteiger partial charge in [-0.3, -0.25) is 9.80 Å². The number of carbonyl (C=O) groups is 1. The molecule has 1 aromatic rings. The van der Waals surface area contributed by atoms with Crippen LogP contribution in [-0.2, 0) is 11.3 Å². The summed E-state index contributed by atoms with van der Waals surface area (Å²) in [6, 6.07) is 9.31. The van der Waals surface area contributed by atoms with E-state index in [9.17, 15) is 9.70 Å². The van der Waals surface area contributed by atoms with Crippen molar-refractivity contribution in [1.82, 2.24) is 5.01 Å². The van der Waals surface area contributed by atoms with Crippen molar-refractivity contribution in [3.05, 3.63) is 40.8 Å². The molecule has 0 aromatic heterocycles. The first-order chi connectivity index (χ1) is 7.22. The molecule has 0 heterocycles. The topological polar surface area (TPSA) is 70.0 Å². The van der Waals surface area contributed by atoms with Crippen LogP contribution in [0.3, 0.4) is 0 Å². The van der Waals surface area contributed by atoms with Crippen molar-refractivity contribution in [1.29, 1.82) is 0 Å². The van der Waals surface area contributed by atoms with Gasteiger partial charge in [0.25, 0.3) is 0 Å². The van der Waals surface area contributed by atoms with Crippen molar-refractivity contribution in [2.75, 3.05) is 6.54 Å². The Morgan fingerprint density at radius 1 is 1.33 bits per heavy atom. The fourth-order valence-corrected chi connectivity index (χ4v) is 1.17. The van der Waals surface area contributed by atoms with Crippen LogP contribution in [0.1, 0.15) is 12.0 Å². The molecule has 0 aliphatic rings. The first-order valence-electron chi connectivity index (χ1n) is 4.56. The highest BCUT2D eigenvalue weighted by atomic mass is 16.4. The molecule has 0 aliphatic heterocycles. The van der Waals surface area contributed by atoms with Gasteiger partial charge in [0.05, 0.1) is 24.8 Å². The van der Waals surface area contributed by atoms with E-state index in [1.54, 1.807) is 0 Å². The molecule has 15 heavy (non-hydrogen) atoms. The van der Waals surface area contributed by atoms with Crippen molar-refractivity contribution in [3.63, 3.8) is 0 Å². The summed E-state index contributed by atoms with van der Waals surface area (Å²) in [6.07, 6.45) is -0.0847. The molecule has 1 aromatic carbocycles. The average Bonchev–Trinajstić information content (AvgIpc) is 2.25. The van der Waals surface area contributed by atoms with Crippen LogP contribution in [0, 0.1) is 4.91 Å². The zero-order valence-electron chi connectivity index (χ0n) is 8.17. The predicted molar refractivity (Wildman–Crippen MR) is 54.9 cm³/mol. The molecular weight excluding hydrogens is 196 g/mol. The van der Waals surface area contributed by atoms with Gasteiger partial charge in [0, 0.05) is 0 Å². The normalized spacial score (nSPS) is 9.60. The second kappa shape index (κ2) is 5.74. The van der Waals surface area contributed by atoms with Crippen molar-refractivity contribution < 1.29 is 9.90 Å². The quantitative estimate of drug-likeness (QED) is 0.570. The zero-order chi connectivity index (χ0) is 11.1. The number of carboxylic acid groups (broad SMARTS) is 1. The Morgan fingerprint density at radius 3 is 2.53 bits per heavy atom. The van der Waals surface area contributed by atoms with E-state index in [1.165, 1.54) is 5.01 Å². The third-order valence-corrected chi connectivity index (χ3v) is 1.91. The number of nitrogens with zero attached hydrogens (tertiary/aromatic N) is 2. The number of hydrogen-bond acceptors (Lipinski definition) is 3. The van der Waals surface area contributed by atoms with Crippen LogP contribution in [-0.4, -0.2) is 22.6 Å². The lowest BCUT2D eigenvalue weighted by atomic mass is 10.2. The van der Waals surface area contributed by atoms with E-state index in [4.69, 9.17) is 5.11 Å². The van der Waals surface area contributed by atoms with Crippen LogP contribution >= 0.6 is 0 Å². The van der Waals surface area contributed by atoms with Gasteiger partial charge >= 0.3 is 5.97 Å². The van der Waals surface area contributed by atoms with Crippen molar-refractivity contribution in [3.8, 4) is 0 Å². The van der Waals surface area contributed by atoms with E-state index >= 15 is 0 Å². The second-order valence-electron chi connectivity index (χ2n) is 3.10. The van der Waals surface area contributed by atoms with Crippen LogP contribution in [0.5, 0.6) is 0 Å². The van der Waals surface area contributed by atoms with Gasteiger partial charge in [-0.1, -0.05) is 30.3 Å². The SMILES string of the molecule is O=NN(CCC(=O)O)Cc1ccccc1. The van der Waals surface area contributed by atoms with E-state index in [0.717, 1.165) is 5.56 Å². The maximum absolute atomic E-state index is 10.4. The third kappa shape index (κ3) is 4.21. The van der Waals surface area contributed by atoms with Gasteiger partial charge < -0.3 is 5.11 Å². The third-order valence-electron chi connectivity index (χ3n) is 1.91. The molecule has 5 nitrogen and oxygen atoms in total. The summed E-state index contributed by atoms with van der Waals surface area (Å²) < 4.78 is 0. The van der Waals surface area contributed by atoms with Crippen LogP contribution in [0.15, 0.2) is 35.6 Å². The molecule has 0 saturated heterocycles. The monoisotopic (exact) mass is 208 g/mol. The van der Waals surface area contributed by atoms with Gasteiger partial charge in [-0.2, -0.15) is 0 Å². The average molecular weight is 208 g/mol. The van der Waals surface area contributed by atoms with Crippen LogP contribution in [0.2, 0.25) is 0 Å². The predicted octanol–water partition coefficient (Wildman–Crippen LogP) is 1.64. The lowest BCUT2D eigenvalue weighted by Crippen LogP contribution is -2.19. The minimum atomic E-state index is -0.934. The van der Waals surface area contributed by atoms with Gasteiger partial charge in [-0.05, 0) is 5.56 Å². The smallest absolute Gasteiger partial charge is 0.305 e. The van der Waals surface area contributed by atoms with Crippen LogP contribution in [0.4, 0.5) is 0 Å². The molecule has 80 valence electrons. The molecule has 0 fully saturated rings. The largest absolute Gasteiger partial charge is 0.481 e. The molecule has 0 bridgehead atoms. The first-order valence-corrected chi connectivity index (χ1v) is 4.56. The summed E-state index contributed by atoms with van der Waals surface area (Å²) in [5.41, 5.74) is 0.933. The van der Waals surface area contributed by atoms with Crippen molar-refractivity contribution in [2.45, 2.75) is 13.0 Å². The van der Waals surface area contributed by atoms with Crippen molar-refractivity contribution in [2.24, 2.45) is 5.29 Å². The molecule has 1 N–H and O–H groups in total. The number of benzene rings is 1. The number of hydrogen-bond donors (Lipinski definition) is 1. The maximum atomic E-state index is 10.4. The Bertz CT molecular complexity index is 327. The zero-order valence-corrected chi connectivity index (χ0v) is 8.17. The molecule has 0 atom stereocenters. The first kappa shape index (κ1) is 11.2. The lowest BCUT2D eigenvalue weighted by Gasteiger charge is -2.13. The fourth-order valence-electron chi connectivity index (χ4n) is 1.17. The standard InChI is InChI=1S/C10H12N2O3/c13-10(14)6-7-12(11-15)8-9-4-2-1-3-5-9/h1-5H,6-8H2,(H,13,14). The molecule has 1 rings (SSSR count). The molecule has 0 amide bonds. The number of rotatable bonds is 6. The Kier molecular flexibility index (Phi) is 4.28. The summed E-state index contributed by atoms with van der Waals surface area (Å²) in [6.45, 7) is 0.478. The van der Waals surface area contributed by atoms with Gasteiger partial charge in [-0.15, -0.1) is 4.91 Å². The van der Waals surface area contributed by atoms with E-state index in [1.807, 2.05) is 30.3 Å². The second-order valence-corrected chi connectivity index (χ2v) is 3.10. The Hall–Kier alpha value is -1.91. The highest BCUT2D eigenvalue weighted by molar-refractivity contribution is 5.66. The Morgan fingerprint density at radius 2 is 2.00 bits per heavy atom. The van der Waals surface area contributed by atoms with E-state index in [0.29, 0.717) is 6.54 Å². The molecule has 0 spiro atoms. The van der Waals surface area contributed by atoms with Crippen molar-refractivity contribution >= 4 is 5.97 Å². The minimum absolute atomic E-state index is 0.0847. The van der Waals surface area contributed by atoms with Gasteiger partial charge in [0.2, 0.25) is 0 Å². The lowest BCUT2D eigenvalue weighted by molar-refractivity contribution is -0.137. The summed E-state index contributed by atoms with van der Waals surface area (Å²) in [4.78, 5) is 20.7. The molecular formula is C10H12N2O3. The van der Waals surface area contributed by atoms with E-state index < -0.39 is 5.97 Å².